The van der Waals surface area contributed by atoms with Gasteiger partial charge in [0.05, 0.1) is 11.9 Å². The van der Waals surface area contributed by atoms with Gasteiger partial charge in [0, 0.05) is 49.6 Å². The van der Waals surface area contributed by atoms with E-state index in [2.05, 4.69) is 60.5 Å². The fourth-order valence-electron chi connectivity index (χ4n) is 4.18. The zero-order chi connectivity index (χ0) is 24.9. The number of hydrogen-bond donors (Lipinski definition) is 2. The van der Waals surface area contributed by atoms with Gasteiger partial charge < -0.3 is 15.5 Å². The molecule has 2 N–H and O–H groups in total. The van der Waals surface area contributed by atoms with Crippen LogP contribution in [0.25, 0.3) is 0 Å². The molecule has 0 fully saturated rings. The molecule has 3 atom stereocenters. The fourth-order valence-corrected chi connectivity index (χ4v) is 4.18. The van der Waals surface area contributed by atoms with Crippen molar-refractivity contribution in [2.24, 2.45) is 16.3 Å². The third-order valence-electron chi connectivity index (χ3n) is 6.49. The number of hydrogen-bond acceptors (Lipinski definition) is 4. The lowest BCUT2D eigenvalue weighted by atomic mass is 9.80. The highest BCUT2D eigenvalue weighted by Gasteiger charge is 2.26. The molecule has 1 aromatic carbocycles. The topological polar surface area (TPSA) is 56.7 Å². The Labute approximate surface area is 203 Å². The molecule has 0 radical (unpaired) electrons. The Balaban J connectivity index is 1.65. The average Bonchev–Trinajstić information content (AvgIpc) is 2.78. The smallest absolute Gasteiger partial charge is 0.225 e. The van der Waals surface area contributed by atoms with Gasteiger partial charge >= 0.3 is 0 Å². The lowest BCUT2D eigenvalue weighted by molar-refractivity contribution is -0.117. The third-order valence-corrected chi connectivity index (χ3v) is 6.49. The summed E-state index contributed by atoms with van der Waals surface area (Å²) < 4.78 is 13.3. The molecule has 3 rings (SSSR count). The first-order chi connectivity index (χ1) is 16.1. The van der Waals surface area contributed by atoms with Crippen LogP contribution < -0.4 is 10.6 Å². The number of carbonyl (C=O) groups excluding carboxylic acids is 1. The summed E-state index contributed by atoms with van der Waals surface area (Å²) in [5.41, 5.74) is 4.68. The molecule has 1 heterocycles. The maximum absolute atomic E-state index is 13.3. The quantitative estimate of drug-likeness (QED) is 0.482. The van der Waals surface area contributed by atoms with E-state index in [0.717, 1.165) is 34.8 Å². The van der Waals surface area contributed by atoms with E-state index in [1.165, 1.54) is 12.2 Å². The van der Waals surface area contributed by atoms with Crippen LogP contribution in [0.3, 0.4) is 0 Å². The van der Waals surface area contributed by atoms with Crippen LogP contribution in [0.15, 0.2) is 70.9 Å². The summed E-state index contributed by atoms with van der Waals surface area (Å²) in [5.74, 6) is -0.0971. The van der Waals surface area contributed by atoms with Gasteiger partial charge in [-0.05, 0) is 68.0 Å². The fraction of sp³-hybridized carbons (Fsp3) is 0.429. The Morgan fingerprint density at radius 1 is 1.41 bits per heavy atom. The van der Waals surface area contributed by atoms with E-state index in [-0.39, 0.29) is 29.1 Å². The number of carbonyl (C=O) groups is 1. The first-order valence-corrected chi connectivity index (χ1v) is 12.0. The summed E-state index contributed by atoms with van der Waals surface area (Å²) in [5, 5.41) is 6.58. The van der Waals surface area contributed by atoms with E-state index in [1.54, 1.807) is 6.08 Å². The highest BCUT2D eigenvalue weighted by atomic mass is 19.1. The van der Waals surface area contributed by atoms with Crippen molar-refractivity contribution < 1.29 is 9.18 Å². The molecule has 34 heavy (non-hydrogen) atoms. The van der Waals surface area contributed by atoms with Crippen molar-refractivity contribution in [3.8, 4) is 0 Å². The molecule has 2 unspecified atom stereocenters. The molecular formula is C28H37FN4O. The molecule has 1 aliphatic heterocycles. The van der Waals surface area contributed by atoms with Gasteiger partial charge in [0.2, 0.25) is 5.91 Å². The second-order valence-electron chi connectivity index (χ2n) is 9.74. The van der Waals surface area contributed by atoms with Crippen LogP contribution >= 0.6 is 0 Å². The van der Waals surface area contributed by atoms with Crippen LogP contribution in [0, 0.1) is 18.3 Å². The van der Waals surface area contributed by atoms with Gasteiger partial charge in [0.25, 0.3) is 0 Å². The van der Waals surface area contributed by atoms with E-state index < -0.39 is 0 Å². The molecule has 2 aliphatic rings. The summed E-state index contributed by atoms with van der Waals surface area (Å²) in [6.45, 7) is 11.4. The van der Waals surface area contributed by atoms with Crippen LogP contribution in [0.2, 0.25) is 0 Å². The summed E-state index contributed by atoms with van der Waals surface area (Å²) in [7, 11) is 2.05. The van der Waals surface area contributed by atoms with Crippen LogP contribution in [0.1, 0.15) is 57.7 Å². The minimum atomic E-state index is -0.370. The molecule has 1 amide bonds. The number of benzene rings is 1. The summed E-state index contributed by atoms with van der Waals surface area (Å²) in [6, 6.07) is 6.01. The zero-order valence-electron chi connectivity index (χ0n) is 21.2. The average molecular weight is 465 g/mol. The first-order valence-electron chi connectivity index (χ1n) is 12.0. The molecule has 0 saturated heterocycles. The Kier molecular flexibility index (Phi) is 8.13. The molecular weight excluding hydrogens is 427 g/mol. The maximum atomic E-state index is 13.3. The van der Waals surface area contributed by atoms with E-state index in [4.69, 9.17) is 0 Å². The third kappa shape index (κ3) is 6.69. The molecule has 0 bridgehead atoms. The molecule has 0 spiro atoms. The molecule has 6 heteroatoms. The highest BCUT2D eigenvalue weighted by molar-refractivity contribution is 5.91. The van der Waals surface area contributed by atoms with E-state index >= 15 is 0 Å². The molecule has 0 aromatic heterocycles. The number of nitrogens with one attached hydrogen (secondary N) is 2. The highest BCUT2D eigenvalue weighted by Crippen LogP contribution is 2.34. The SMILES string of the molecule is CCN(C)/C=C1/N=CC(N[C@@H](C)c2cc(NC(=O)CC3(C)C=CC(F)=CC3)ccc2C)=CC1C. The van der Waals surface area contributed by atoms with Gasteiger partial charge in [-0.15, -0.1) is 0 Å². The largest absolute Gasteiger partial charge is 0.379 e. The Bertz CT molecular complexity index is 1070. The number of rotatable bonds is 8. The first kappa shape index (κ1) is 25.5. The zero-order valence-corrected chi connectivity index (χ0v) is 21.2. The standard InChI is InChI=1S/C28H37FN4O/c1-7-33(6)18-26-20(3)14-24(17-30-26)31-21(4)25-15-23(9-8-19(25)2)32-27(34)16-28(5)12-10-22(29)11-13-28/h8-12,14-15,17-18,20-21,31H,7,13,16H2,1-6H3,(H,32,34)/b26-18+/t20?,21-,28?/m0/s1. The monoisotopic (exact) mass is 464 g/mol. The summed E-state index contributed by atoms with van der Waals surface area (Å²) in [6.07, 6.45) is 11.7. The van der Waals surface area contributed by atoms with Crippen LogP contribution in [0.4, 0.5) is 10.1 Å². The van der Waals surface area contributed by atoms with Crippen LogP contribution in [-0.2, 0) is 4.79 Å². The van der Waals surface area contributed by atoms with Crippen LogP contribution in [0.5, 0.6) is 0 Å². The Morgan fingerprint density at radius 3 is 2.82 bits per heavy atom. The predicted molar refractivity (Wildman–Crippen MR) is 139 cm³/mol. The van der Waals surface area contributed by atoms with Crippen molar-refractivity contribution in [1.82, 2.24) is 10.2 Å². The van der Waals surface area contributed by atoms with Crippen molar-refractivity contribution in [2.75, 3.05) is 18.9 Å². The number of allylic oxidation sites excluding steroid dienone is 6. The predicted octanol–water partition coefficient (Wildman–Crippen LogP) is 6.19. The van der Waals surface area contributed by atoms with E-state index in [0.29, 0.717) is 12.8 Å². The lowest BCUT2D eigenvalue weighted by Gasteiger charge is -2.26. The summed E-state index contributed by atoms with van der Waals surface area (Å²) >= 11 is 0. The van der Waals surface area contributed by atoms with Gasteiger partial charge in [-0.2, -0.15) is 0 Å². The van der Waals surface area contributed by atoms with Crippen LogP contribution in [-0.4, -0.2) is 30.6 Å². The van der Waals surface area contributed by atoms with Gasteiger partial charge in [0.15, 0.2) is 0 Å². The van der Waals surface area contributed by atoms with Crippen molar-refractivity contribution in [3.63, 3.8) is 0 Å². The molecule has 182 valence electrons. The number of anilines is 1. The van der Waals surface area contributed by atoms with E-state index in [1.807, 2.05) is 38.4 Å². The minimum Gasteiger partial charge on any atom is -0.379 e. The second kappa shape index (κ2) is 10.9. The van der Waals surface area contributed by atoms with Gasteiger partial charge in [-0.25, -0.2) is 4.39 Å². The van der Waals surface area contributed by atoms with Crippen molar-refractivity contribution >= 4 is 17.8 Å². The number of halogens is 1. The van der Waals surface area contributed by atoms with Gasteiger partial charge in [-0.1, -0.05) is 32.1 Å². The number of aryl methyl sites for hydroxylation is 1. The number of aliphatic imine (C=N–C) groups is 1. The Hall–Kier alpha value is -3.15. The van der Waals surface area contributed by atoms with Crippen molar-refractivity contribution in [3.05, 3.63) is 77.1 Å². The van der Waals surface area contributed by atoms with Crippen molar-refractivity contribution in [2.45, 2.75) is 53.5 Å². The van der Waals surface area contributed by atoms with Gasteiger partial charge in [-0.3, -0.25) is 9.79 Å². The number of dihydropyridines is 1. The number of amides is 1. The normalized spacial score (nSPS) is 23.9. The van der Waals surface area contributed by atoms with Gasteiger partial charge in [0.1, 0.15) is 5.83 Å². The number of nitrogens with zero attached hydrogens (tertiary/aromatic N) is 2. The molecule has 0 saturated carbocycles. The minimum absolute atomic E-state index is 0.0394. The lowest BCUT2D eigenvalue weighted by Crippen LogP contribution is -2.25. The molecule has 5 nitrogen and oxygen atoms in total. The summed E-state index contributed by atoms with van der Waals surface area (Å²) in [4.78, 5) is 19.5. The Morgan fingerprint density at radius 2 is 2.18 bits per heavy atom. The van der Waals surface area contributed by atoms with E-state index in [9.17, 15) is 9.18 Å². The second-order valence-corrected chi connectivity index (χ2v) is 9.74. The molecule has 1 aromatic rings. The van der Waals surface area contributed by atoms with Crippen molar-refractivity contribution in [1.29, 1.82) is 0 Å². The molecule has 1 aliphatic carbocycles. The maximum Gasteiger partial charge on any atom is 0.225 e.